The minimum Gasteiger partial charge on any atom is -0.456 e. The zero-order valence-corrected chi connectivity index (χ0v) is 17.7. The topological polar surface area (TPSA) is 63.3 Å². The molecule has 2 aromatic heterocycles. The standard InChI is InChI=1S/C26H22N4O/c1-16-8-10-19(11-9-16)23-14-22(25-18(3)12-17(2)13-24(25)31-23)29-30-26-20-6-4-5-7-21(20)27-15-28-26/h4-15H,1-3H3,(H,27,28,30). The number of fused-ring (bicyclic) bond motifs is 2. The average Bonchev–Trinajstić information content (AvgIpc) is 2.77. The molecule has 0 aliphatic heterocycles. The van der Waals surface area contributed by atoms with Gasteiger partial charge in [0.25, 0.3) is 0 Å². The van der Waals surface area contributed by atoms with Crippen molar-refractivity contribution in [1.82, 2.24) is 9.97 Å². The molecule has 5 rings (SSSR count). The molecule has 0 saturated heterocycles. The van der Waals surface area contributed by atoms with E-state index in [-0.39, 0.29) is 0 Å². The van der Waals surface area contributed by atoms with Gasteiger partial charge >= 0.3 is 0 Å². The van der Waals surface area contributed by atoms with Crippen LogP contribution in [0, 0.1) is 20.8 Å². The Hall–Kier alpha value is -3.99. The molecule has 0 unspecified atom stereocenters. The van der Waals surface area contributed by atoms with Gasteiger partial charge in [0.2, 0.25) is 0 Å². The maximum Gasteiger partial charge on any atom is 0.157 e. The molecule has 0 aliphatic carbocycles. The van der Waals surface area contributed by atoms with Gasteiger partial charge in [-0.1, -0.05) is 48.0 Å². The Morgan fingerprint density at radius 3 is 2.48 bits per heavy atom. The normalized spacial score (nSPS) is 11.9. The Morgan fingerprint density at radius 2 is 1.65 bits per heavy atom. The molecular formula is C26H22N4O. The van der Waals surface area contributed by atoms with Crippen LogP contribution in [0.3, 0.4) is 0 Å². The van der Waals surface area contributed by atoms with E-state index in [0.717, 1.165) is 49.7 Å². The van der Waals surface area contributed by atoms with Gasteiger partial charge in [-0.15, -0.1) is 0 Å². The van der Waals surface area contributed by atoms with Gasteiger partial charge in [-0.25, -0.2) is 9.97 Å². The first-order chi connectivity index (χ1) is 15.1. The van der Waals surface area contributed by atoms with Crippen LogP contribution >= 0.6 is 0 Å². The second-order valence-corrected chi connectivity index (χ2v) is 7.78. The molecule has 5 aromatic rings. The molecule has 0 fully saturated rings. The van der Waals surface area contributed by atoms with Crippen molar-refractivity contribution in [1.29, 1.82) is 0 Å². The number of nitrogens with zero attached hydrogens (tertiary/aromatic N) is 3. The molecule has 0 saturated carbocycles. The molecule has 1 N–H and O–H groups in total. The third-order valence-electron chi connectivity index (χ3n) is 5.35. The van der Waals surface area contributed by atoms with Crippen LogP contribution in [-0.4, -0.2) is 9.97 Å². The maximum absolute atomic E-state index is 6.30. The first kappa shape index (κ1) is 19.0. The smallest absolute Gasteiger partial charge is 0.157 e. The minimum absolute atomic E-state index is 0.668. The highest BCUT2D eigenvalue weighted by Crippen LogP contribution is 2.25. The Kier molecular flexibility index (Phi) is 4.71. The van der Waals surface area contributed by atoms with Crippen molar-refractivity contribution >= 4 is 27.7 Å². The lowest BCUT2D eigenvalue weighted by molar-refractivity contribution is 0.617. The monoisotopic (exact) mass is 406 g/mol. The second-order valence-electron chi connectivity index (χ2n) is 7.78. The van der Waals surface area contributed by atoms with Crippen LogP contribution in [0.25, 0.3) is 33.2 Å². The largest absolute Gasteiger partial charge is 0.456 e. The van der Waals surface area contributed by atoms with Gasteiger partial charge in [0, 0.05) is 22.4 Å². The molecule has 0 aliphatic rings. The first-order valence-corrected chi connectivity index (χ1v) is 10.2. The highest BCUT2D eigenvalue weighted by atomic mass is 16.3. The third-order valence-corrected chi connectivity index (χ3v) is 5.35. The van der Waals surface area contributed by atoms with Crippen LogP contribution < -0.4 is 10.8 Å². The van der Waals surface area contributed by atoms with E-state index in [1.807, 2.05) is 30.3 Å². The molecule has 152 valence electrons. The lowest BCUT2D eigenvalue weighted by Crippen LogP contribution is -2.10. The van der Waals surface area contributed by atoms with Crippen molar-refractivity contribution in [3.8, 4) is 11.3 Å². The Balaban J connectivity index is 1.71. The molecule has 0 radical (unpaired) electrons. The summed E-state index contributed by atoms with van der Waals surface area (Å²) in [5.74, 6) is 1.44. The van der Waals surface area contributed by atoms with Crippen LogP contribution in [-0.2, 0) is 0 Å². The fraction of sp³-hybridized carbons (Fsp3) is 0.115. The van der Waals surface area contributed by atoms with Gasteiger partial charge in [0.1, 0.15) is 17.7 Å². The quantitative estimate of drug-likeness (QED) is 0.379. The minimum atomic E-state index is 0.668. The number of hydrogen-bond donors (Lipinski definition) is 1. The van der Waals surface area contributed by atoms with Gasteiger partial charge < -0.3 is 4.42 Å². The Labute approximate surface area is 180 Å². The summed E-state index contributed by atoms with van der Waals surface area (Å²) in [7, 11) is 0. The summed E-state index contributed by atoms with van der Waals surface area (Å²) in [4.78, 5) is 8.71. The van der Waals surface area contributed by atoms with E-state index in [0.29, 0.717) is 5.82 Å². The van der Waals surface area contributed by atoms with E-state index in [1.54, 1.807) is 6.33 Å². The predicted molar refractivity (Wildman–Crippen MR) is 125 cm³/mol. The summed E-state index contributed by atoms with van der Waals surface area (Å²) in [6.45, 7) is 6.23. The lowest BCUT2D eigenvalue weighted by atomic mass is 10.0. The van der Waals surface area contributed by atoms with E-state index in [2.05, 4.69) is 72.6 Å². The van der Waals surface area contributed by atoms with Gasteiger partial charge in [0.05, 0.1) is 10.9 Å². The van der Waals surface area contributed by atoms with Crippen molar-refractivity contribution in [2.75, 3.05) is 5.43 Å². The molecule has 5 nitrogen and oxygen atoms in total. The van der Waals surface area contributed by atoms with E-state index >= 15 is 0 Å². The summed E-state index contributed by atoms with van der Waals surface area (Å²) in [5.41, 5.74) is 9.32. The molecule has 5 heteroatoms. The van der Waals surface area contributed by atoms with E-state index in [9.17, 15) is 0 Å². The highest BCUT2D eigenvalue weighted by molar-refractivity contribution is 5.88. The number of anilines is 1. The van der Waals surface area contributed by atoms with Crippen molar-refractivity contribution in [3.63, 3.8) is 0 Å². The fourth-order valence-corrected chi connectivity index (χ4v) is 3.84. The molecule has 0 spiro atoms. The van der Waals surface area contributed by atoms with Gasteiger partial charge in [0.15, 0.2) is 5.82 Å². The zero-order chi connectivity index (χ0) is 21.4. The lowest BCUT2D eigenvalue weighted by Gasteiger charge is -2.09. The predicted octanol–water partition coefficient (Wildman–Crippen LogP) is 5.90. The average molecular weight is 406 g/mol. The zero-order valence-electron chi connectivity index (χ0n) is 17.7. The fourth-order valence-electron chi connectivity index (χ4n) is 3.84. The number of aromatic nitrogens is 2. The van der Waals surface area contributed by atoms with Crippen molar-refractivity contribution in [3.05, 3.63) is 95.1 Å². The van der Waals surface area contributed by atoms with Crippen LogP contribution in [0.2, 0.25) is 0 Å². The highest BCUT2D eigenvalue weighted by Gasteiger charge is 2.10. The number of hydrogen-bond acceptors (Lipinski definition) is 5. The van der Waals surface area contributed by atoms with Crippen LogP contribution in [0.4, 0.5) is 5.82 Å². The number of nitrogens with one attached hydrogen (secondary N) is 1. The summed E-state index contributed by atoms with van der Waals surface area (Å²) in [5, 5.41) is 7.45. The van der Waals surface area contributed by atoms with Crippen LogP contribution in [0.15, 0.2) is 82.6 Å². The summed E-state index contributed by atoms with van der Waals surface area (Å²) in [6, 6.07) is 22.3. The van der Waals surface area contributed by atoms with Gasteiger partial charge in [-0.3, -0.25) is 5.43 Å². The molecule has 0 amide bonds. The Morgan fingerprint density at radius 1 is 0.839 bits per heavy atom. The van der Waals surface area contributed by atoms with Crippen molar-refractivity contribution in [2.24, 2.45) is 5.10 Å². The molecule has 2 heterocycles. The van der Waals surface area contributed by atoms with E-state index < -0.39 is 0 Å². The van der Waals surface area contributed by atoms with E-state index in [4.69, 9.17) is 9.52 Å². The number of aryl methyl sites for hydroxylation is 3. The summed E-state index contributed by atoms with van der Waals surface area (Å²) < 4.78 is 6.30. The first-order valence-electron chi connectivity index (χ1n) is 10.2. The van der Waals surface area contributed by atoms with Gasteiger partial charge in [-0.05, 0) is 50.1 Å². The second kappa shape index (κ2) is 7.69. The number of benzene rings is 3. The van der Waals surface area contributed by atoms with Gasteiger partial charge in [-0.2, -0.15) is 5.10 Å². The molecule has 0 atom stereocenters. The molecular weight excluding hydrogens is 384 g/mol. The Bertz CT molecular complexity index is 1480. The molecule has 31 heavy (non-hydrogen) atoms. The van der Waals surface area contributed by atoms with Crippen LogP contribution in [0.5, 0.6) is 0 Å². The summed E-state index contributed by atoms with van der Waals surface area (Å²) >= 11 is 0. The number of rotatable bonds is 3. The number of para-hydroxylation sites is 1. The third kappa shape index (κ3) is 3.66. The summed E-state index contributed by atoms with van der Waals surface area (Å²) in [6.07, 6.45) is 1.55. The molecule has 3 aromatic carbocycles. The molecule has 0 bridgehead atoms. The maximum atomic E-state index is 6.30. The SMILES string of the molecule is Cc1ccc(-c2cc(=NNc3ncnc4ccccc34)c3c(C)cc(C)cc3o2)cc1. The van der Waals surface area contributed by atoms with Crippen molar-refractivity contribution in [2.45, 2.75) is 20.8 Å². The van der Waals surface area contributed by atoms with E-state index in [1.165, 1.54) is 5.56 Å². The van der Waals surface area contributed by atoms with Crippen molar-refractivity contribution < 1.29 is 4.42 Å². The van der Waals surface area contributed by atoms with Crippen LogP contribution in [0.1, 0.15) is 16.7 Å².